The van der Waals surface area contributed by atoms with Crippen LogP contribution in [0, 0.1) is 5.41 Å². The predicted octanol–water partition coefficient (Wildman–Crippen LogP) is 5.72. The maximum absolute atomic E-state index is 12.2. The zero-order valence-electron chi connectivity index (χ0n) is 15.0. The van der Waals surface area contributed by atoms with Crippen LogP contribution in [0.15, 0.2) is 24.3 Å². The zero-order valence-corrected chi connectivity index (χ0v) is 16.8. The monoisotopic (exact) mass is 376 g/mol. The van der Waals surface area contributed by atoms with Crippen LogP contribution in [-0.2, 0) is 22.6 Å². The number of hydrogen-bond acceptors (Lipinski definition) is 4. The molecule has 0 saturated heterocycles. The van der Waals surface area contributed by atoms with E-state index < -0.39 is 5.97 Å². The number of fused-ring (bicyclic) bond motifs is 1. The maximum Gasteiger partial charge on any atom is 0.337 e. The molecule has 1 N–H and O–H groups in total. The Bertz CT molecular complexity index is 818. The van der Waals surface area contributed by atoms with Gasteiger partial charge >= 0.3 is 5.97 Å². The summed E-state index contributed by atoms with van der Waals surface area (Å²) in [5.41, 5.74) is 3.42. The van der Waals surface area contributed by atoms with E-state index in [1.54, 1.807) is 11.3 Å². The number of thiophene rings is 1. The van der Waals surface area contributed by atoms with Gasteiger partial charge < -0.3 is 9.29 Å². The fraction of sp³-hybridized carbons (Fsp3) is 0.450. The van der Waals surface area contributed by atoms with Gasteiger partial charge in [-0.1, -0.05) is 52.0 Å². The average molecular weight is 377 g/mol. The smallest absolute Gasteiger partial charge is 0.337 e. The van der Waals surface area contributed by atoms with Crippen LogP contribution in [0.3, 0.4) is 0 Å². The van der Waals surface area contributed by atoms with Crippen molar-refractivity contribution < 1.29 is 14.1 Å². The first-order valence-electron chi connectivity index (χ1n) is 8.40. The van der Waals surface area contributed by atoms with Crippen molar-refractivity contribution in [2.45, 2.75) is 52.6 Å². The molecule has 3 rings (SSSR count). The summed E-state index contributed by atoms with van der Waals surface area (Å²) in [5, 5.41) is 9.99. The lowest BCUT2D eigenvalue weighted by Gasteiger charge is -2.40. The molecule has 134 valence electrons. The SMILES string of the molecule is CC1(C)Cc2c(sc(-c3ccccc3COS)c2C(=O)O)C(C)(C)C1. The average Bonchev–Trinajstić information content (AvgIpc) is 2.86. The van der Waals surface area contributed by atoms with Crippen LogP contribution in [0.2, 0.25) is 0 Å². The normalized spacial score (nSPS) is 18.0. The Labute approximate surface area is 158 Å². The Morgan fingerprint density at radius 2 is 1.96 bits per heavy atom. The first kappa shape index (κ1) is 18.5. The first-order chi connectivity index (χ1) is 11.7. The van der Waals surface area contributed by atoms with Crippen molar-refractivity contribution in [3.63, 3.8) is 0 Å². The van der Waals surface area contributed by atoms with Crippen LogP contribution in [0.1, 0.15) is 60.5 Å². The van der Waals surface area contributed by atoms with Gasteiger partial charge in [0.05, 0.1) is 12.2 Å². The summed E-state index contributed by atoms with van der Waals surface area (Å²) in [5.74, 6) is -0.845. The van der Waals surface area contributed by atoms with Crippen molar-refractivity contribution in [1.29, 1.82) is 0 Å². The van der Waals surface area contributed by atoms with E-state index in [9.17, 15) is 9.90 Å². The number of rotatable bonds is 4. The van der Waals surface area contributed by atoms with Crippen molar-refractivity contribution >= 4 is 30.2 Å². The third kappa shape index (κ3) is 3.37. The van der Waals surface area contributed by atoms with E-state index in [-0.39, 0.29) is 10.8 Å². The fourth-order valence-corrected chi connectivity index (χ4v) is 5.96. The molecule has 0 unspecified atom stereocenters. The predicted molar refractivity (Wildman–Crippen MR) is 106 cm³/mol. The molecule has 25 heavy (non-hydrogen) atoms. The van der Waals surface area contributed by atoms with Crippen LogP contribution in [-0.4, -0.2) is 11.1 Å². The molecule has 1 aliphatic rings. The number of carboxylic acids is 1. The Kier molecular flexibility index (Phi) is 4.77. The highest BCUT2D eigenvalue weighted by Crippen LogP contribution is 2.52. The summed E-state index contributed by atoms with van der Waals surface area (Å²) in [6.07, 6.45) is 1.85. The quantitative estimate of drug-likeness (QED) is 0.529. The molecule has 0 amide bonds. The Hall–Kier alpha value is -1.30. The Morgan fingerprint density at radius 1 is 1.28 bits per heavy atom. The Morgan fingerprint density at radius 3 is 2.60 bits per heavy atom. The second-order valence-corrected chi connectivity index (χ2v) is 9.53. The van der Waals surface area contributed by atoms with Gasteiger partial charge in [-0.25, -0.2) is 4.79 Å². The lowest BCUT2D eigenvalue weighted by molar-refractivity contribution is 0.0695. The lowest BCUT2D eigenvalue weighted by Crippen LogP contribution is -2.34. The van der Waals surface area contributed by atoms with E-state index >= 15 is 0 Å². The molecule has 1 aliphatic carbocycles. The molecule has 0 radical (unpaired) electrons. The summed E-state index contributed by atoms with van der Waals surface area (Å²) in [6, 6.07) is 7.82. The van der Waals surface area contributed by atoms with E-state index in [0.717, 1.165) is 34.4 Å². The highest BCUT2D eigenvalue weighted by molar-refractivity contribution is 7.75. The van der Waals surface area contributed by atoms with Crippen molar-refractivity contribution in [1.82, 2.24) is 0 Å². The van der Waals surface area contributed by atoms with Crippen LogP contribution in [0.25, 0.3) is 10.4 Å². The molecule has 0 spiro atoms. The van der Waals surface area contributed by atoms with E-state index in [1.807, 2.05) is 24.3 Å². The molecular weight excluding hydrogens is 352 g/mol. The third-order valence-electron chi connectivity index (χ3n) is 4.89. The van der Waals surface area contributed by atoms with E-state index in [1.165, 1.54) is 4.88 Å². The molecule has 2 aromatic rings. The minimum Gasteiger partial charge on any atom is -0.478 e. The molecule has 1 aromatic heterocycles. The van der Waals surface area contributed by atoms with Gasteiger partial charge in [0, 0.05) is 9.75 Å². The topological polar surface area (TPSA) is 46.5 Å². The van der Waals surface area contributed by atoms with Crippen molar-refractivity contribution in [2.24, 2.45) is 5.41 Å². The minimum atomic E-state index is -0.845. The van der Waals surface area contributed by atoms with Gasteiger partial charge in [0.2, 0.25) is 0 Å². The molecule has 0 atom stereocenters. The van der Waals surface area contributed by atoms with Gasteiger partial charge in [-0.05, 0) is 53.3 Å². The maximum atomic E-state index is 12.2. The number of aromatic carboxylic acids is 1. The van der Waals surface area contributed by atoms with Crippen molar-refractivity contribution in [3.05, 3.63) is 45.8 Å². The van der Waals surface area contributed by atoms with Crippen LogP contribution < -0.4 is 0 Å². The summed E-state index contributed by atoms with van der Waals surface area (Å²) < 4.78 is 5.02. The highest BCUT2D eigenvalue weighted by atomic mass is 32.1. The number of thiol groups is 1. The second kappa shape index (κ2) is 6.45. The summed E-state index contributed by atoms with van der Waals surface area (Å²) >= 11 is 5.50. The first-order valence-corrected chi connectivity index (χ1v) is 9.58. The molecular formula is C20H24O3S2. The molecule has 0 saturated carbocycles. The third-order valence-corrected chi connectivity index (χ3v) is 6.65. The summed E-state index contributed by atoms with van der Waals surface area (Å²) in [7, 11) is 0. The fourth-order valence-electron chi connectivity index (χ4n) is 4.35. The zero-order chi connectivity index (χ0) is 18.4. The van der Waals surface area contributed by atoms with Crippen LogP contribution in [0.5, 0.6) is 0 Å². The van der Waals surface area contributed by atoms with Crippen molar-refractivity contribution in [2.75, 3.05) is 0 Å². The van der Waals surface area contributed by atoms with Gasteiger partial charge in [-0.2, -0.15) is 0 Å². The molecule has 1 heterocycles. The van der Waals surface area contributed by atoms with Gasteiger partial charge in [0.1, 0.15) is 0 Å². The molecule has 5 heteroatoms. The number of carboxylic acid groups (broad SMARTS) is 1. The van der Waals surface area contributed by atoms with Crippen LogP contribution in [0.4, 0.5) is 0 Å². The second-order valence-electron chi connectivity index (χ2n) is 8.25. The van der Waals surface area contributed by atoms with E-state index in [0.29, 0.717) is 12.2 Å². The summed E-state index contributed by atoms with van der Waals surface area (Å²) in [6.45, 7) is 9.24. The molecule has 0 aliphatic heterocycles. The molecule has 0 fully saturated rings. The minimum absolute atomic E-state index is 0.0286. The molecule has 0 bridgehead atoms. The van der Waals surface area contributed by atoms with E-state index in [4.69, 9.17) is 4.18 Å². The molecule has 1 aromatic carbocycles. The number of hydrogen-bond donors (Lipinski definition) is 2. The largest absolute Gasteiger partial charge is 0.478 e. The van der Waals surface area contributed by atoms with Gasteiger partial charge in [0.15, 0.2) is 0 Å². The summed E-state index contributed by atoms with van der Waals surface area (Å²) in [4.78, 5) is 14.2. The highest BCUT2D eigenvalue weighted by Gasteiger charge is 2.42. The van der Waals surface area contributed by atoms with E-state index in [2.05, 4.69) is 40.6 Å². The van der Waals surface area contributed by atoms with Gasteiger partial charge in [-0.15, -0.1) is 11.3 Å². The van der Waals surface area contributed by atoms with Crippen LogP contribution >= 0.6 is 24.2 Å². The van der Waals surface area contributed by atoms with Gasteiger partial charge in [0.25, 0.3) is 0 Å². The number of benzene rings is 1. The lowest BCUT2D eigenvalue weighted by atomic mass is 9.65. The molecule has 3 nitrogen and oxygen atoms in total. The standard InChI is InChI=1S/C20H24O3S2/c1-19(2)9-14-15(18(21)22)16(25-17(14)20(3,4)11-19)13-8-6-5-7-12(13)10-23-24/h5-8,24H,9-11H2,1-4H3,(H,21,22). The van der Waals surface area contributed by atoms with Gasteiger partial charge in [-0.3, -0.25) is 0 Å². The number of carbonyl (C=O) groups is 1. The van der Waals surface area contributed by atoms with Crippen molar-refractivity contribution in [3.8, 4) is 10.4 Å². The Balaban J connectivity index is 2.28.